The van der Waals surface area contributed by atoms with Crippen LogP contribution in [0.15, 0.2) is 4.99 Å². The van der Waals surface area contributed by atoms with Crippen LogP contribution in [0.25, 0.3) is 0 Å². The molecule has 0 aromatic carbocycles. The van der Waals surface area contributed by atoms with E-state index < -0.39 is 0 Å². The second-order valence-electron chi connectivity index (χ2n) is 5.96. The van der Waals surface area contributed by atoms with Crippen LogP contribution in [0.4, 0.5) is 0 Å². The van der Waals surface area contributed by atoms with Crippen molar-refractivity contribution < 1.29 is 9.53 Å². The Bertz CT molecular complexity index is 339. The van der Waals surface area contributed by atoms with Gasteiger partial charge in [-0.2, -0.15) is 0 Å². The van der Waals surface area contributed by atoms with Crippen molar-refractivity contribution in [2.75, 3.05) is 46.9 Å². The van der Waals surface area contributed by atoms with E-state index in [1.807, 2.05) is 6.92 Å². The number of likely N-dealkylation sites (N-methyl/N-ethyl adjacent to an activating group) is 1. The standard InChI is InChI=1S/C16H32N4O2/c1-4-22-11-10-17-16(19-13-15(21)20(2)3)18-12-14-8-6-5-7-9-14/h14H,4-13H2,1-3H3,(H2,17,18,19). The van der Waals surface area contributed by atoms with Gasteiger partial charge in [-0.15, -0.1) is 0 Å². The number of guanidine groups is 1. The molecule has 0 radical (unpaired) electrons. The van der Waals surface area contributed by atoms with Crippen molar-refractivity contribution in [1.29, 1.82) is 0 Å². The highest BCUT2D eigenvalue weighted by atomic mass is 16.5. The first kappa shape index (κ1) is 18.7. The molecule has 6 heteroatoms. The molecule has 6 nitrogen and oxygen atoms in total. The second-order valence-corrected chi connectivity index (χ2v) is 5.96. The Morgan fingerprint density at radius 2 is 1.95 bits per heavy atom. The first-order chi connectivity index (χ1) is 10.6. The Morgan fingerprint density at radius 1 is 1.23 bits per heavy atom. The van der Waals surface area contributed by atoms with E-state index >= 15 is 0 Å². The number of rotatable bonds is 8. The third-order valence-corrected chi connectivity index (χ3v) is 3.90. The van der Waals surface area contributed by atoms with Crippen molar-refractivity contribution in [2.24, 2.45) is 10.9 Å². The monoisotopic (exact) mass is 312 g/mol. The molecule has 1 fully saturated rings. The molecule has 1 rings (SSSR count). The van der Waals surface area contributed by atoms with Crippen LogP contribution in [0.5, 0.6) is 0 Å². The van der Waals surface area contributed by atoms with Crippen LogP contribution in [0.3, 0.4) is 0 Å². The Kier molecular flexibility index (Phi) is 9.62. The third kappa shape index (κ3) is 8.22. The number of hydrogen-bond acceptors (Lipinski definition) is 3. The molecule has 0 unspecified atom stereocenters. The van der Waals surface area contributed by atoms with Gasteiger partial charge in [0, 0.05) is 33.8 Å². The zero-order valence-corrected chi connectivity index (χ0v) is 14.4. The normalized spacial score (nSPS) is 16.4. The topological polar surface area (TPSA) is 66.0 Å². The van der Waals surface area contributed by atoms with Gasteiger partial charge >= 0.3 is 0 Å². The summed E-state index contributed by atoms with van der Waals surface area (Å²) >= 11 is 0. The van der Waals surface area contributed by atoms with Gasteiger partial charge in [-0.25, -0.2) is 4.99 Å². The molecule has 0 aromatic rings. The molecule has 0 aliphatic heterocycles. The number of ether oxygens (including phenoxy) is 1. The van der Waals surface area contributed by atoms with Crippen molar-refractivity contribution in [2.45, 2.75) is 39.0 Å². The highest BCUT2D eigenvalue weighted by Crippen LogP contribution is 2.22. The van der Waals surface area contributed by atoms with E-state index in [2.05, 4.69) is 15.6 Å². The molecule has 0 spiro atoms. The van der Waals surface area contributed by atoms with Gasteiger partial charge in [-0.3, -0.25) is 4.79 Å². The fourth-order valence-corrected chi connectivity index (χ4v) is 2.48. The van der Waals surface area contributed by atoms with Crippen LogP contribution in [-0.4, -0.2) is 63.7 Å². The predicted molar refractivity (Wildman–Crippen MR) is 90.1 cm³/mol. The van der Waals surface area contributed by atoms with Crippen molar-refractivity contribution in [3.05, 3.63) is 0 Å². The molecular formula is C16H32N4O2. The van der Waals surface area contributed by atoms with E-state index in [0.29, 0.717) is 25.7 Å². The van der Waals surface area contributed by atoms with Crippen LogP contribution >= 0.6 is 0 Å². The number of nitrogens with zero attached hydrogens (tertiary/aromatic N) is 2. The lowest BCUT2D eigenvalue weighted by Gasteiger charge is -2.23. The fraction of sp³-hybridized carbons (Fsp3) is 0.875. The molecule has 22 heavy (non-hydrogen) atoms. The first-order valence-corrected chi connectivity index (χ1v) is 8.43. The Labute approximate surface area is 134 Å². The SMILES string of the molecule is CCOCCNC(=NCC(=O)N(C)C)NCC1CCCCC1. The van der Waals surface area contributed by atoms with Crippen molar-refractivity contribution in [3.8, 4) is 0 Å². The molecule has 0 bridgehead atoms. The number of hydrogen-bond donors (Lipinski definition) is 2. The molecule has 0 heterocycles. The van der Waals surface area contributed by atoms with Crippen molar-refractivity contribution in [1.82, 2.24) is 15.5 Å². The fourth-order valence-electron chi connectivity index (χ4n) is 2.48. The third-order valence-electron chi connectivity index (χ3n) is 3.90. The zero-order valence-electron chi connectivity index (χ0n) is 14.4. The van der Waals surface area contributed by atoms with Crippen LogP contribution < -0.4 is 10.6 Å². The number of aliphatic imine (C=N–C) groups is 1. The van der Waals surface area contributed by atoms with Gasteiger partial charge in [0.25, 0.3) is 0 Å². The molecule has 0 saturated heterocycles. The number of carbonyl (C=O) groups is 1. The summed E-state index contributed by atoms with van der Waals surface area (Å²) in [6, 6.07) is 0. The second kappa shape index (κ2) is 11.3. The summed E-state index contributed by atoms with van der Waals surface area (Å²) in [6.07, 6.45) is 6.60. The molecule has 1 saturated carbocycles. The van der Waals surface area contributed by atoms with Crippen LogP contribution in [-0.2, 0) is 9.53 Å². The van der Waals surface area contributed by atoms with Gasteiger partial charge in [0.05, 0.1) is 6.61 Å². The maximum atomic E-state index is 11.7. The first-order valence-electron chi connectivity index (χ1n) is 8.43. The molecule has 1 aliphatic carbocycles. The van der Waals surface area contributed by atoms with Gasteiger partial charge in [0.1, 0.15) is 6.54 Å². The molecule has 0 aromatic heterocycles. The lowest BCUT2D eigenvalue weighted by atomic mass is 9.89. The van der Waals surface area contributed by atoms with Crippen LogP contribution in [0.2, 0.25) is 0 Å². The van der Waals surface area contributed by atoms with E-state index in [-0.39, 0.29) is 12.5 Å². The van der Waals surface area contributed by atoms with Crippen molar-refractivity contribution >= 4 is 11.9 Å². The largest absolute Gasteiger partial charge is 0.380 e. The Balaban J connectivity index is 2.41. The van der Waals surface area contributed by atoms with Gasteiger partial charge in [-0.05, 0) is 25.7 Å². The quantitative estimate of drug-likeness (QED) is 0.402. The van der Waals surface area contributed by atoms with E-state index in [9.17, 15) is 4.79 Å². The molecular weight excluding hydrogens is 280 g/mol. The van der Waals surface area contributed by atoms with Crippen LogP contribution in [0, 0.1) is 5.92 Å². The van der Waals surface area contributed by atoms with Gasteiger partial charge in [0.2, 0.25) is 5.91 Å². The van der Waals surface area contributed by atoms with Gasteiger partial charge in [-0.1, -0.05) is 19.3 Å². The highest BCUT2D eigenvalue weighted by molar-refractivity contribution is 5.84. The summed E-state index contributed by atoms with van der Waals surface area (Å²) in [7, 11) is 3.49. The summed E-state index contributed by atoms with van der Waals surface area (Å²) in [5.41, 5.74) is 0. The lowest BCUT2D eigenvalue weighted by molar-refractivity contribution is -0.127. The summed E-state index contributed by atoms with van der Waals surface area (Å²) < 4.78 is 5.32. The molecule has 0 atom stereocenters. The number of amides is 1. The summed E-state index contributed by atoms with van der Waals surface area (Å²) in [6.45, 7) is 5.12. The minimum absolute atomic E-state index is 0.00331. The number of nitrogens with one attached hydrogen (secondary N) is 2. The molecule has 1 aliphatic rings. The average Bonchev–Trinajstić information content (AvgIpc) is 2.53. The van der Waals surface area contributed by atoms with E-state index in [1.54, 1.807) is 19.0 Å². The average molecular weight is 312 g/mol. The maximum absolute atomic E-state index is 11.7. The number of carbonyl (C=O) groups excluding carboxylic acids is 1. The lowest BCUT2D eigenvalue weighted by Crippen LogP contribution is -2.42. The predicted octanol–water partition coefficient (Wildman–Crippen LogP) is 1.23. The Morgan fingerprint density at radius 3 is 2.59 bits per heavy atom. The van der Waals surface area contributed by atoms with Crippen molar-refractivity contribution in [3.63, 3.8) is 0 Å². The van der Waals surface area contributed by atoms with E-state index in [1.165, 1.54) is 32.1 Å². The molecule has 128 valence electrons. The summed E-state index contributed by atoms with van der Waals surface area (Å²) in [5, 5.41) is 6.60. The smallest absolute Gasteiger partial charge is 0.243 e. The zero-order chi connectivity index (χ0) is 16.2. The molecule has 2 N–H and O–H groups in total. The summed E-state index contributed by atoms with van der Waals surface area (Å²) in [4.78, 5) is 17.6. The van der Waals surface area contributed by atoms with Gasteiger partial charge < -0.3 is 20.3 Å². The summed E-state index contributed by atoms with van der Waals surface area (Å²) in [5.74, 6) is 1.43. The Hall–Kier alpha value is -1.30. The van der Waals surface area contributed by atoms with Crippen LogP contribution in [0.1, 0.15) is 39.0 Å². The minimum Gasteiger partial charge on any atom is -0.380 e. The highest BCUT2D eigenvalue weighted by Gasteiger charge is 2.13. The maximum Gasteiger partial charge on any atom is 0.243 e. The van der Waals surface area contributed by atoms with E-state index in [0.717, 1.165) is 12.5 Å². The minimum atomic E-state index is 0.00331. The van der Waals surface area contributed by atoms with E-state index in [4.69, 9.17) is 4.74 Å². The van der Waals surface area contributed by atoms with Gasteiger partial charge in [0.15, 0.2) is 5.96 Å². The molecule has 1 amide bonds.